The van der Waals surface area contributed by atoms with Crippen LogP contribution in [0.4, 0.5) is 0 Å². The number of halogens is 1. The number of methoxy groups -OCH3 is 1. The minimum atomic E-state index is -3.83. The summed E-state index contributed by atoms with van der Waals surface area (Å²) in [6.45, 7) is 1.32. The van der Waals surface area contributed by atoms with Crippen molar-refractivity contribution in [3.8, 4) is 11.5 Å². The largest absolute Gasteiger partial charge is 0.495 e. The number of esters is 1. The number of benzene rings is 2. The standard InChI is InChI=1S/C20H22BrNO7S/c1-26-18-7-2-15(14-19(18)30(24,25)22-8-10-27-11-9-22)20(23)29-13-12-28-17-5-3-16(21)4-6-17/h2-7,14H,8-13H2,1H3. The molecule has 2 aromatic carbocycles. The number of morpholine rings is 1. The molecule has 0 aliphatic carbocycles. The van der Waals surface area contributed by atoms with E-state index < -0.39 is 16.0 Å². The van der Waals surface area contributed by atoms with E-state index in [9.17, 15) is 13.2 Å². The van der Waals surface area contributed by atoms with E-state index in [1.54, 1.807) is 12.1 Å². The molecule has 0 spiro atoms. The third-order valence-electron chi connectivity index (χ3n) is 4.39. The quantitative estimate of drug-likeness (QED) is 0.407. The molecular weight excluding hydrogens is 478 g/mol. The Labute approximate surface area is 183 Å². The smallest absolute Gasteiger partial charge is 0.338 e. The maximum Gasteiger partial charge on any atom is 0.338 e. The highest BCUT2D eigenvalue weighted by Crippen LogP contribution is 2.28. The van der Waals surface area contributed by atoms with E-state index >= 15 is 0 Å². The topological polar surface area (TPSA) is 91.4 Å². The molecule has 1 aliphatic rings. The third kappa shape index (κ3) is 5.51. The molecule has 1 heterocycles. The predicted molar refractivity (Wildman–Crippen MR) is 112 cm³/mol. The van der Waals surface area contributed by atoms with E-state index in [4.69, 9.17) is 18.9 Å². The molecule has 0 atom stereocenters. The number of carbonyl (C=O) groups is 1. The highest BCUT2D eigenvalue weighted by molar-refractivity contribution is 9.10. The summed E-state index contributed by atoms with van der Waals surface area (Å²) in [5, 5.41) is 0. The van der Waals surface area contributed by atoms with Crippen molar-refractivity contribution in [2.75, 3.05) is 46.6 Å². The van der Waals surface area contributed by atoms with Gasteiger partial charge in [-0.05, 0) is 42.5 Å². The van der Waals surface area contributed by atoms with E-state index in [1.165, 1.54) is 29.6 Å². The summed E-state index contributed by atoms with van der Waals surface area (Å²) in [6.07, 6.45) is 0. The monoisotopic (exact) mass is 499 g/mol. The number of hydrogen-bond acceptors (Lipinski definition) is 7. The molecule has 0 radical (unpaired) electrons. The summed E-state index contributed by atoms with van der Waals surface area (Å²) in [5.41, 5.74) is 0.117. The summed E-state index contributed by atoms with van der Waals surface area (Å²) in [4.78, 5) is 12.3. The van der Waals surface area contributed by atoms with Gasteiger partial charge in [0.25, 0.3) is 0 Å². The zero-order valence-electron chi connectivity index (χ0n) is 16.4. The fraction of sp³-hybridized carbons (Fsp3) is 0.350. The minimum Gasteiger partial charge on any atom is -0.495 e. The van der Waals surface area contributed by atoms with Crippen LogP contribution in [0.25, 0.3) is 0 Å². The van der Waals surface area contributed by atoms with Gasteiger partial charge in [-0.15, -0.1) is 0 Å². The minimum absolute atomic E-state index is 0.0203. The summed E-state index contributed by atoms with van der Waals surface area (Å²) < 4.78 is 49.4. The van der Waals surface area contributed by atoms with Crippen molar-refractivity contribution in [2.45, 2.75) is 4.90 Å². The Kier molecular flexibility index (Phi) is 7.70. The molecule has 10 heteroatoms. The first-order valence-electron chi connectivity index (χ1n) is 9.23. The van der Waals surface area contributed by atoms with Gasteiger partial charge in [-0.3, -0.25) is 0 Å². The first kappa shape index (κ1) is 22.5. The normalized spacial score (nSPS) is 14.9. The van der Waals surface area contributed by atoms with Gasteiger partial charge in [0, 0.05) is 17.6 Å². The Morgan fingerprint density at radius 3 is 2.47 bits per heavy atom. The Bertz CT molecular complexity index is 973. The van der Waals surface area contributed by atoms with Crippen LogP contribution < -0.4 is 9.47 Å². The highest BCUT2D eigenvalue weighted by atomic mass is 79.9. The molecule has 0 amide bonds. The molecule has 0 unspecified atom stereocenters. The maximum absolute atomic E-state index is 13.0. The molecule has 1 fully saturated rings. The zero-order valence-corrected chi connectivity index (χ0v) is 18.8. The van der Waals surface area contributed by atoms with Crippen LogP contribution in [-0.2, 0) is 19.5 Å². The van der Waals surface area contributed by atoms with Crippen LogP contribution in [0.15, 0.2) is 51.8 Å². The van der Waals surface area contributed by atoms with Crippen molar-refractivity contribution in [1.29, 1.82) is 0 Å². The van der Waals surface area contributed by atoms with E-state index in [0.717, 1.165) is 4.47 Å². The summed E-state index contributed by atoms with van der Waals surface area (Å²) >= 11 is 3.34. The van der Waals surface area contributed by atoms with Crippen molar-refractivity contribution >= 4 is 31.9 Å². The van der Waals surface area contributed by atoms with Crippen LogP contribution in [0.5, 0.6) is 11.5 Å². The highest BCUT2D eigenvalue weighted by Gasteiger charge is 2.30. The molecule has 0 N–H and O–H groups in total. The molecule has 8 nitrogen and oxygen atoms in total. The number of nitrogens with zero attached hydrogens (tertiary/aromatic N) is 1. The summed E-state index contributed by atoms with van der Waals surface area (Å²) in [7, 11) is -2.45. The van der Waals surface area contributed by atoms with Crippen molar-refractivity contribution in [1.82, 2.24) is 4.31 Å². The number of rotatable bonds is 8. The van der Waals surface area contributed by atoms with Crippen molar-refractivity contribution < 1.29 is 32.2 Å². The van der Waals surface area contributed by atoms with E-state index in [0.29, 0.717) is 19.0 Å². The first-order valence-corrected chi connectivity index (χ1v) is 11.5. The second-order valence-corrected chi connectivity index (χ2v) is 9.14. The van der Waals surface area contributed by atoms with Gasteiger partial charge in [-0.2, -0.15) is 4.31 Å². The van der Waals surface area contributed by atoms with E-state index in [1.807, 2.05) is 12.1 Å². The van der Waals surface area contributed by atoms with Gasteiger partial charge in [0.2, 0.25) is 10.0 Å². The van der Waals surface area contributed by atoms with Gasteiger partial charge in [0.1, 0.15) is 29.6 Å². The molecule has 2 aromatic rings. The lowest BCUT2D eigenvalue weighted by Crippen LogP contribution is -2.40. The Hall–Kier alpha value is -2.14. The van der Waals surface area contributed by atoms with Crippen molar-refractivity contribution in [3.63, 3.8) is 0 Å². The molecule has 0 saturated carbocycles. The SMILES string of the molecule is COc1ccc(C(=O)OCCOc2ccc(Br)cc2)cc1S(=O)(=O)N1CCOCC1. The second kappa shape index (κ2) is 10.3. The van der Waals surface area contributed by atoms with Crippen LogP contribution in [0.1, 0.15) is 10.4 Å². The molecule has 30 heavy (non-hydrogen) atoms. The number of hydrogen-bond donors (Lipinski definition) is 0. The molecule has 0 bridgehead atoms. The van der Waals surface area contributed by atoms with Gasteiger partial charge in [0.05, 0.1) is 25.9 Å². The predicted octanol–water partition coefficient (Wildman–Crippen LogP) is 2.71. The van der Waals surface area contributed by atoms with Gasteiger partial charge in [0.15, 0.2) is 0 Å². The molecule has 0 aromatic heterocycles. The maximum atomic E-state index is 13.0. The zero-order chi connectivity index (χ0) is 21.6. The number of carbonyl (C=O) groups excluding carboxylic acids is 1. The Balaban J connectivity index is 1.66. The van der Waals surface area contributed by atoms with Crippen LogP contribution in [-0.4, -0.2) is 65.3 Å². The average Bonchev–Trinajstić information content (AvgIpc) is 2.78. The number of sulfonamides is 1. The fourth-order valence-electron chi connectivity index (χ4n) is 2.84. The number of ether oxygens (including phenoxy) is 4. The van der Waals surface area contributed by atoms with Gasteiger partial charge in [-0.1, -0.05) is 15.9 Å². The van der Waals surface area contributed by atoms with Crippen LogP contribution in [0.2, 0.25) is 0 Å². The van der Waals surface area contributed by atoms with E-state index in [2.05, 4.69) is 15.9 Å². The fourth-order valence-corrected chi connectivity index (χ4v) is 4.69. The van der Waals surface area contributed by atoms with Crippen molar-refractivity contribution in [2.24, 2.45) is 0 Å². The average molecular weight is 500 g/mol. The molecule has 3 rings (SSSR count). The summed E-state index contributed by atoms with van der Waals surface area (Å²) in [5.74, 6) is 0.171. The van der Waals surface area contributed by atoms with E-state index in [-0.39, 0.29) is 42.5 Å². The molecule has 162 valence electrons. The lowest BCUT2D eigenvalue weighted by Gasteiger charge is -2.26. The lowest BCUT2D eigenvalue weighted by molar-refractivity contribution is 0.0450. The third-order valence-corrected chi connectivity index (χ3v) is 6.83. The second-order valence-electron chi connectivity index (χ2n) is 6.32. The Morgan fingerprint density at radius 2 is 1.80 bits per heavy atom. The van der Waals surface area contributed by atoms with Crippen molar-refractivity contribution in [3.05, 3.63) is 52.5 Å². The summed E-state index contributed by atoms with van der Waals surface area (Å²) in [6, 6.07) is 11.5. The molecule has 1 saturated heterocycles. The van der Waals surface area contributed by atoms with Gasteiger partial charge >= 0.3 is 5.97 Å². The lowest BCUT2D eigenvalue weighted by atomic mass is 10.2. The van der Waals surface area contributed by atoms with Gasteiger partial charge in [-0.25, -0.2) is 13.2 Å². The molecule has 1 aliphatic heterocycles. The van der Waals surface area contributed by atoms with Gasteiger partial charge < -0.3 is 18.9 Å². The van der Waals surface area contributed by atoms with Crippen LogP contribution in [0, 0.1) is 0 Å². The van der Waals surface area contributed by atoms with Crippen LogP contribution >= 0.6 is 15.9 Å². The Morgan fingerprint density at radius 1 is 1.10 bits per heavy atom. The molecular formula is C20H22BrNO7S. The van der Waals surface area contributed by atoms with Crippen LogP contribution in [0.3, 0.4) is 0 Å². The first-order chi connectivity index (χ1) is 14.4.